The van der Waals surface area contributed by atoms with Gasteiger partial charge in [0.05, 0.1) is 23.5 Å². The molecule has 0 spiro atoms. The number of nitrogens with one attached hydrogen (secondary N) is 2. The summed E-state index contributed by atoms with van der Waals surface area (Å²) in [5, 5.41) is 3.36. The van der Waals surface area contributed by atoms with E-state index in [1.54, 1.807) is 24.7 Å². The fraction of sp³-hybridized carbons (Fsp3) is 0.350. The van der Waals surface area contributed by atoms with Crippen LogP contribution in [0.2, 0.25) is 5.02 Å². The summed E-state index contributed by atoms with van der Waals surface area (Å²) in [6.45, 7) is 3.09. The Kier molecular flexibility index (Phi) is 4.71. The molecule has 1 fully saturated rings. The van der Waals surface area contributed by atoms with Crippen molar-refractivity contribution in [1.82, 2.24) is 19.9 Å². The predicted molar refractivity (Wildman–Crippen MR) is 109 cm³/mol. The second-order valence-electron chi connectivity index (χ2n) is 7.22. The first-order valence-electron chi connectivity index (χ1n) is 9.66. The number of rotatable bonds is 3. The Bertz CT molecular complexity index is 1030. The first-order chi connectivity index (χ1) is 14.2. The van der Waals surface area contributed by atoms with E-state index < -0.39 is 5.82 Å². The third kappa shape index (κ3) is 3.48. The largest absolute Gasteiger partial charge is 0.485 e. The molecule has 5 rings (SSSR count). The number of aromatic nitrogens is 4. The van der Waals surface area contributed by atoms with E-state index in [-0.39, 0.29) is 5.02 Å². The lowest BCUT2D eigenvalue weighted by molar-refractivity contribution is 0.319. The van der Waals surface area contributed by atoms with Crippen LogP contribution in [-0.4, -0.2) is 46.2 Å². The van der Waals surface area contributed by atoms with Gasteiger partial charge in [-0.2, -0.15) is 0 Å². The lowest BCUT2D eigenvalue weighted by Gasteiger charge is -2.33. The van der Waals surface area contributed by atoms with E-state index in [9.17, 15) is 4.39 Å². The van der Waals surface area contributed by atoms with Crippen molar-refractivity contribution in [3.05, 3.63) is 47.4 Å². The third-order valence-corrected chi connectivity index (χ3v) is 5.72. The molecular formula is C20H20ClFN6O. The first kappa shape index (κ1) is 18.2. The molecule has 0 amide bonds. The number of nitrogens with zero attached hydrogens (tertiary/aromatic N) is 4. The summed E-state index contributed by atoms with van der Waals surface area (Å²) in [5.74, 6) is 3.20. The van der Waals surface area contributed by atoms with E-state index in [4.69, 9.17) is 16.3 Å². The molecule has 2 N–H and O–H groups in total. The van der Waals surface area contributed by atoms with Gasteiger partial charge in [0.15, 0.2) is 11.6 Å². The van der Waals surface area contributed by atoms with Gasteiger partial charge in [-0.3, -0.25) is 0 Å². The van der Waals surface area contributed by atoms with Crippen LogP contribution in [0.25, 0.3) is 11.3 Å². The maximum absolute atomic E-state index is 13.4. The summed E-state index contributed by atoms with van der Waals surface area (Å²) >= 11 is 5.90. The van der Waals surface area contributed by atoms with Gasteiger partial charge in [-0.15, -0.1) is 0 Å². The van der Waals surface area contributed by atoms with Crippen molar-refractivity contribution in [2.24, 2.45) is 0 Å². The number of fused-ring (bicyclic) bond motifs is 1. The molecule has 0 atom stereocenters. The van der Waals surface area contributed by atoms with Crippen molar-refractivity contribution in [3.63, 3.8) is 0 Å². The molecule has 4 heterocycles. The van der Waals surface area contributed by atoms with Gasteiger partial charge in [-0.25, -0.2) is 19.3 Å². The topological polar surface area (TPSA) is 79.0 Å². The average molecular weight is 415 g/mol. The molecule has 9 heteroatoms. The fourth-order valence-corrected chi connectivity index (χ4v) is 4.07. The van der Waals surface area contributed by atoms with E-state index in [1.165, 1.54) is 6.07 Å². The Hall–Kier alpha value is -2.87. The van der Waals surface area contributed by atoms with Gasteiger partial charge >= 0.3 is 0 Å². The lowest BCUT2D eigenvalue weighted by Crippen LogP contribution is -2.35. The third-order valence-electron chi connectivity index (χ3n) is 5.43. The Morgan fingerprint density at radius 3 is 2.86 bits per heavy atom. The van der Waals surface area contributed by atoms with Gasteiger partial charge in [-0.05, 0) is 31.0 Å². The van der Waals surface area contributed by atoms with E-state index in [1.807, 2.05) is 0 Å². The lowest BCUT2D eigenvalue weighted by atomic mass is 9.96. The number of hydrogen-bond acceptors (Lipinski definition) is 6. The summed E-state index contributed by atoms with van der Waals surface area (Å²) in [5.41, 5.74) is 1.67. The summed E-state index contributed by atoms with van der Waals surface area (Å²) in [6, 6.07) is 4.69. The molecule has 2 aliphatic rings. The molecule has 0 unspecified atom stereocenters. The molecule has 0 aliphatic carbocycles. The van der Waals surface area contributed by atoms with Gasteiger partial charge < -0.3 is 19.9 Å². The quantitative estimate of drug-likeness (QED) is 0.677. The van der Waals surface area contributed by atoms with Crippen LogP contribution in [-0.2, 0) is 0 Å². The SMILES string of the molecule is Fc1ccc(-c2cnc(C3CCN(c4ncnc5c4OCCN5)CC3)[nH]2)cc1Cl. The van der Waals surface area contributed by atoms with Crippen LogP contribution in [0.3, 0.4) is 0 Å². The molecule has 7 nitrogen and oxygen atoms in total. The molecule has 0 radical (unpaired) electrons. The molecule has 0 saturated carbocycles. The first-order valence-corrected chi connectivity index (χ1v) is 10.0. The Labute approximate surface area is 172 Å². The van der Waals surface area contributed by atoms with Crippen molar-refractivity contribution in [1.29, 1.82) is 0 Å². The highest BCUT2D eigenvalue weighted by Gasteiger charge is 2.27. The van der Waals surface area contributed by atoms with Crippen molar-refractivity contribution in [2.75, 3.05) is 36.5 Å². The minimum absolute atomic E-state index is 0.108. The zero-order valence-corrected chi connectivity index (χ0v) is 16.4. The van der Waals surface area contributed by atoms with Crippen LogP contribution in [0.5, 0.6) is 5.75 Å². The number of benzene rings is 1. The number of piperidine rings is 1. The Balaban J connectivity index is 1.29. The molecule has 150 valence electrons. The van der Waals surface area contributed by atoms with Crippen LogP contribution in [0.1, 0.15) is 24.6 Å². The summed E-state index contributed by atoms with van der Waals surface area (Å²) in [6.07, 6.45) is 5.26. The fourth-order valence-electron chi connectivity index (χ4n) is 3.89. The normalized spacial score (nSPS) is 16.8. The molecule has 1 saturated heterocycles. The van der Waals surface area contributed by atoms with E-state index in [2.05, 4.69) is 30.2 Å². The molecular weight excluding hydrogens is 395 g/mol. The van der Waals surface area contributed by atoms with E-state index in [0.717, 1.165) is 66.9 Å². The smallest absolute Gasteiger partial charge is 0.204 e. The number of imidazole rings is 1. The van der Waals surface area contributed by atoms with Gasteiger partial charge in [-0.1, -0.05) is 11.6 Å². The minimum atomic E-state index is -0.423. The van der Waals surface area contributed by atoms with Crippen LogP contribution in [0, 0.1) is 5.82 Å². The van der Waals surface area contributed by atoms with Crippen molar-refractivity contribution in [3.8, 4) is 17.0 Å². The molecule has 0 bridgehead atoms. The second-order valence-corrected chi connectivity index (χ2v) is 7.63. The number of ether oxygens (including phenoxy) is 1. The molecule has 2 aliphatic heterocycles. The standard InChI is InChI=1S/C20H20ClFN6O/c21-14-9-13(1-2-15(14)22)16-10-24-18(27-16)12-3-6-28(7-4-12)20-17-19(25-11-26-20)23-5-8-29-17/h1-2,9-12H,3-8H2,(H,24,27)(H,23,25,26). The zero-order chi connectivity index (χ0) is 19.8. The number of anilines is 2. The van der Waals surface area contributed by atoms with Gasteiger partial charge in [0.2, 0.25) is 5.75 Å². The number of aromatic amines is 1. The van der Waals surface area contributed by atoms with Crippen LogP contribution in [0.15, 0.2) is 30.7 Å². The van der Waals surface area contributed by atoms with E-state index in [0.29, 0.717) is 12.5 Å². The van der Waals surface area contributed by atoms with E-state index >= 15 is 0 Å². The highest BCUT2D eigenvalue weighted by molar-refractivity contribution is 6.31. The summed E-state index contributed by atoms with van der Waals surface area (Å²) in [7, 11) is 0. The monoisotopic (exact) mass is 414 g/mol. The molecule has 29 heavy (non-hydrogen) atoms. The van der Waals surface area contributed by atoms with Gasteiger partial charge in [0.25, 0.3) is 0 Å². The van der Waals surface area contributed by atoms with Gasteiger partial charge in [0, 0.05) is 24.6 Å². The second kappa shape index (κ2) is 7.51. The zero-order valence-electron chi connectivity index (χ0n) is 15.7. The van der Waals surface area contributed by atoms with Crippen LogP contribution in [0.4, 0.5) is 16.0 Å². The molecule has 3 aromatic rings. The van der Waals surface area contributed by atoms with Crippen LogP contribution < -0.4 is 15.0 Å². The summed E-state index contributed by atoms with van der Waals surface area (Å²) in [4.78, 5) is 18.9. The number of hydrogen-bond donors (Lipinski definition) is 2. The molecule has 1 aromatic carbocycles. The highest BCUT2D eigenvalue weighted by atomic mass is 35.5. The maximum Gasteiger partial charge on any atom is 0.204 e. The van der Waals surface area contributed by atoms with Crippen molar-refractivity contribution < 1.29 is 9.13 Å². The van der Waals surface area contributed by atoms with Crippen molar-refractivity contribution >= 4 is 23.2 Å². The molecule has 2 aromatic heterocycles. The minimum Gasteiger partial charge on any atom is -0.485 e. The van der Waals surface area contributed by atoms with Crippen molar-refractivity contribution in [2.45, 2.75) is 18.8 Å². The average Bonchev–Trinajstić information content (AvgIpc) is 3.26. The number of H-pyrrole nitrogens is 1. The number of halogens is 2. The maximum atomic E-state index is 13.4. The highest BCUT2D eigenvalue weighted by Crippen LogP contribution is 2.37. The predicted octanol–water partition coefficient (Wildman–Crippen LogP) is 3.85. The Morgan fingerprint density at radius 1 is 1.17 bits per heavy atom. The van der Waals surface area contributed by atoms with Gasteiger partial charge in [0.1, 0.15) is 24.6 Å². The van der Waals surface area contributed by atoms with Crippen LogP contribution >= 0.6 is 11.6 Å². The summed E-state index contributed by atoms with van der Waals surface area (Å²) < 4.78 is 19.2. The Morgan fingerprint density at radius 2 is 2.03 bits per heavy atom.